The van der Waals surface area contributed by atoms with Gasteiger partial charge in [-0.15, -0.1) is 0 Å². The number of benzene rings is 1. The zero-order valence-corrected chi connectivity index (χ0v) is 12.6. The van der Waals surface area contributed by atoms with Crippen molar-refractivity contribution >= 4 is 27.5 Å². The fourth-order valence-electron chi connectivity index (χ4n) is 3.03. The third kappa shape index (κ3) is 2.12. The number of aliphatic imine (C=N–C) groups is 1. The summed E-state index contributed by atoms with van der Waals surface area (Å²) in [5.41, 5.74) is 1.76. The van der Waals surface area contributed by atoms with Crippen LogP contribution in [0.2, 0.25) is 0 Å². The topological polar surface area (TPSA) is 32.7 Å². The van der Waals surface area contributed by atoms with E-state index in [1.165, 1.54) is 0 Å². The molecule has 2 aliphatic heterocycles. The van der Waals surface area contributed by atoms with Crippen LogP contribution in [0.1, 0.15) is 31.7 Å². The highest BCUT2D eigenvalue weighted by Gasteiger charge is 2.48. The summed E-state index contributed by atoms with van der Waals surface area (Å²) in [6, 6.07) is 8.17. The molecule has 100 valence electrons. The molecule has 0 aliphatic carbocycles. The summed E-state index contributed by atoms with van der Waals surface area (Å²) in [6.45, 7) is 3.68. The standard InChI is InChI=1S/C15H17BrN2O/c1-2-18-9-8-15(14(18)19)7-6-13(17-15)11-4-3-5-12(16)10-11/h3-5,10H,2,6-9H2,1H3. The first-order valence-electron chi connectivity index (χ1n) is 6.79. The molecule has 1 aromatic rings. The molecule has 1 saturated heterocycles. The van der Waals surface area contributed by atoms with Gasteiger partial charge in [-0.05, 0) is 43.9 Å². The molecule has 3 rings (SSSR count). The number of rotatable bonds is 2. The van der Waals surface area contributed by atoms with Gasteiger partial charge in [-0.3, -0.25) is 9.79 Å². The van der Waals surface area contributed by atoms with Gasteiger partial charge in [0, 0.05) is 23.3 Å². The molecule has 1 spiro atoms. The fourth-order valence-corrected chi connectivity index (χ4v) is 3.43. The van der Waals surface area contributed by atoms with Crippen LogP contribution in [-0.4, -0.2) is 35.1 Å². The van der Waals surface area contributed by atoms with Gasteiger partial charge in [-0.1, -0.05) is 28.1 Å². The summed E-state index contributed by atoms with van der Waals surface area (Å²) < 4.78 is 1.06. The molecule has 19 heavy (non-hydrogen) atoms. The molecule has 1 unspecified atom stereocenters. The van der Waals surface area contributed by atoms with E-state index in [4.69, 9.17) is 4.99 Å². The van der Waals surface area contributed by atoms with Gasteiger partial charge in [0.25, 0.3) is 5.91 Å². The number of carbonyl (C=O) groups is 1. The largest absolute Gasteiger partial charge is 0.341 e. The number of likely N-dealkylation sites (tertiary alicyclic amines) is 1. The van der Waals surface area contributed by atoms with Crippen molar-refractivity contribution in [2.45, 2.75) is 31.7 Å². The van der Waals surface area contributed by atoms with E-state index in [-0.39, 0.29) is 5.91 Å². The fraction of sp³-hybridized carbons (Fsp3) is 0.467. The first-order chi connectivity index (χ1) is 9.14. The second-order valence-electron chi connectivity index (χ2n) is 5.24. The molecule has 0 N–H and O–H groups in total. The number of hydrogen-bond donors (Lipinski definition) is 0. The van der Waals surface area contributed by atoms with Crippen LogP contribution in [0.5, 0.6) is 0 Å². The van der Waals surface area contributed by atoms with Gasteiger partial charge < -0.3 is 4.90 Å². The van der Waals surface area contributed by atoms with Crippen LogP contribution in [0.3, 0.4) is 0 Å². The predicted molar refractivity (Wildman–Crippen MR) is 79.5 cm³/mol. The van der Waals surface area contributed by atoms with Crippen LogP contribution >= 0.6 is 15.9 Å². The van der Waals surface area contributed by atoms with Crippen molar-refractivity contribution in [1.29, 1.82) is 0 Å². The smallest absolute Gasteiger partial charge is 0.250 e. The van der Waals surface area contributed by atoms with Crippen LogP contribution < -0.4 is 0 Å². The maximum atomic E-state index is 12.4. The SMILES string of the molecule is CCN1CCC2(CCC(c3cccc(Br)c3)=N2)C1=O. The molecule has 2 heterocycles. The van der Waals surface area contributed by atoms with Crippen molar-refractivity contribution in [3.63, 3.8) is 0 Å². The highest BCUT2D eigenvalue weighted by atomic mass is 79.9. The van der Waals surface area contributed by atoms with E-state index in [1.54, 1.807) is 0 Å². The van der Waals surface area contributed by atoms with Crippen LogP contribution in [0.4, 0.5) is 0 Å². The molecular formula is C15H17BrN2O. The lowest BCUT2D eigenvalue weighted by Crippen LogP contribution is -2.36. The molecule has 1 fully saturated rings. The number of halogens is 1. The lowest BCUT2D eigenvalue weighted by atomic mass is 9.95. The van der Waals surface area contributed by atoms with E-state index in [0.29, 0.717) is 0 Å². The average Bonchev–Trinajstić information content (AvgIpc) is 2.97. The van der Waals surface area contributed by atoms with E-state index in [1.807, 2.05) is 24.0 Å². The van der Waals surface area contributed by atoms with Gasteiger partial charge in [0.1, 0.15) is 5.54 Å². The van der Waals surface area contributed by atoms with E-state index in [2.05, 4.69) is 28.1 Å². The van der Waals surface area contributed by atoms with E-state index in [0.717, 1.165) is 48.1 Å². The van der Waals surface area contributed by atoms with Crippen molar-refractivity contribution in [2.75, 3.05) is 13.1 Å². The Morgan fingerprint density at radius 3 is 2.95 bits per heavy atom. The Labute approximate surface area is 121 Å². The Morgan fingerprint density at radius 1 is 1.42 bits per heavy atom. The van der Waals surface area contributed by atoms with Crippen LogP contribution in [0, 0.1) is 0 Å². The van der Waals surface area contributed by atoms with Gasteiger partial charge in [0.2, 0.25) is 0 Å². The maximum absolute atomic E-state index is 12.4. The predicted octanol–water partition coefficient (Wildman–Crippen LogP) is 3.02. The van der Waals surface area contributed by atoms with E-state index >= 15 is 0 Å². The third-order valence-corrected chi connectivity index (χ3v) is 4.64. The number of hydrogen-bond acceptors (Lipinski definition) is 2. The minimum atomic E-state index is -0.451. The first-order valence-corrected chi connectivity index (χ1v) is 7.58. The Kier molecular flexibility index (Phi) is 3.21. The molecule has 0 saturated carbocycles. The zero-order chi connectivity index (χ0) is 13.5. The molecule has 4 heteroatoms. The van der Waals surface area contributed by atoms with Crippen LogP contribution in [-0.2, 0) is 4.79 Å². The maximum Gasteiger partial charge on any atom is 0.250 e. The molecule has 0 bridgehead atoms. The van der Waals surface area contributed by atoms with Crippen LogP contribution in [0.15, 0.2) is 33.7 Å². The van der Waals surface area contributed by atoms with Crippen molar-refractivity contribution in [3.05, 3.63) is 34.3 Å². The second-order valence-corrected chi connectivity index (χ2v) is 6.15. The molecule has 1 atom stereocenters. The molecule has 0 radical (unpaired) electrons. The summed E-state index contributed by atoms with van der Waals surface area (Å²) in [5.74, 6) is 0.222. The summed E-state index contributed by atoms with van der Waals surface area (Å²) >= 11 is 3.49. The minimum absolute atomic E-state index is 0.222. The summed E-state index contributed by atoms with van der Waals surface area (Å²) in [5, 5.41) is 0. The third-order valence-electron chi connectivity index (χ3n) is 4.14. The molecular weight excluding hydrogens is 304 g/mol. The molecule has 0 aromatic heterocycles. The Bertz CT molecular complexity index is 555. The number of likely N-dealkylation sites (N-methyl/N-ethyl adjacent to an activating group) is 1. The normalized spacial score (nSPS) is 26.3. The van der Waals surface area contributed by atoms with Crippen LogP contribution in [0.25, 0.3) is 0 Å². The van der Waals surface area contributed by atoms with Crippen molar-refractivity contribution < 1.29 is 4.79 Å². The van der Waals surface area contributed by atoms with Crippen molar-refractivity contribution in [2.24, 2.45) is 4.99 Å². The van der Waals surface area contributed by atoms with Gasteiger partial charge in [-0.2, -0.15) is 0 Å². The lowest BCUT2D eigenvalue weighted by molar-refractivity contribution is -0.131. The molecule has 2 aliphatic rings. The summed E-state index contributed by atoms with van der Waals surface area (Å²) in [6.07, 6.45) is 2.64. The van der Waals surface area contributed by atoms with Gasteiger partial charge in [0.15, 0.2) is 0 Å². The molecule has 3 nitrogen and oxygen atoms in total. The number of carbonyl (C=O) groups excluding carboxylic acids is 1. The van der Waals surface area contributed by atoms with Crippen molar-refractivity contribution in [3.8, 4) is 0 Å². The van der Waals surface area contributed by atoms with Gasteiger partial charge in [0.05, 0.1) is 0 Å². The van der Waals surface area contributed by atoms with E-state index in [9.17, 15) is 4.79 Å². The van der Waals surface area contributed by atoms with Gasteiger partial charge in [-0.25, -0.2) is 0 Å². The monoisotopic (exact) mass is 320 g/mol. The quantitative estimate of drug-likeness (QED) is 0.824. The molecule has 1 aromatic carbocycles. The van der Waals surface area contributed by atoms with Gasteiger partial charge >= 0.3 is 0 Å². The molecule has 1 amide bonds. The Morgan fingerprint density at radius 2 is 2.26 bits per heavy atom. The lowest BCUT2D eigenvalue weighted by Gasteiger charge is -2.18. The highest BCUT2D eigenvalue weighted by molar-refractivity contribution is 9.10. The Balaban J connectivity index is 1.91. The zero-order valence-electron chi connectivity index (χ0n) is 11.0. The second kappa shape index (κ2) is 4.75. The number of amides is 1. The summed E-state index contributed by atoms with van der Waals surface area (Å²) in [4.78, 5) is 19.2. The van der Waals surface area contributed by atoms with E-state index < -0.39 is 5.54 Å². The Hall–Kier alpha value is -1.16. The summed E-state index contributed by atoms with van der Waals surface area (Å²) in [7, 11) is 0. The minimum Gasteiger partial charge on any atom is -0.341 e. The number of nitrogens with zero attached hydrogens (tertiary/aromatic N) is 2. The first kappa shape index (κ1) is 12.9. The highest BCUT2D eigenvalue weighted by Crippen LogP contribution is 2.37. The van der Waals surface area contributed by atoms with Crippen molar-refractivity contribution in [1.82, 2.24) is 4.90 Å². The average molecular weight is 321 g/mol.